The maximum atomic E-state index is 13.7. The van der Waals surface area contributed by atoms with Crippen LogP contribution >= 0.6 is 0 Å². The number of carbonyl (C=O) groups excluding carboxylic acids is 2. The normalized spacial score (nSPS) is 20.4. The molecule has 7 rings (SSSR count). The number of carbonyl (C=O) groups is 2. The van der Waals surface area contributed by atoms with Crippen molar-refractivity contribution in [1.29, 1.82) is 0 Å². The number of hydrogen-bond acceptors (Lipinski definition) is 10. The average molecular weight is 625 g/mol. The minimum absolute atomic E-state index is 0.0164. The first-order chi connectivity index (χ1) is 22.4. The molecule has 10 heteroatoms. The number of ether oxygens (including phenoxy) is 8. The van der Waals surface area contributed by atoms with Gasteiger partial charge < -0.3 is 37.9 Å². The third-order valence-corrected chi connectivity index (χ3v) is 8.84. The first-order valence-corrected chi connectivity index (χ1v) is 14.9. The average Bonchev–Trinajstić information content (AvgIpc) is 3.77. The van der Waals surface area contributed by atoms with Crippen molar-refractivity contribution in [2.75, 3.05) is 27.8 Å². The molecule has 0 radical (unpaired) electrons. The van der Waals surface area contributed by atoms with Gasteiger partial charge >= 0.3 is 11.9 Å². The summed E-state index contributed by atoms with van der Waals surface area (Å²) in [6.45, 7) is 3.90. The molecule has 0 aromatic heterocycles. The second-order valence-corrected chi connectivity index (χ2v) is 11.3. The predicted octanol–water partition coefficient (Wildman–Crippen LogP) is 6.91. The lowest BCUT2D eigenvalue weighted by Crippen LogP contribution is -2.31. The molecule has 0 fully saturated rings. The van der Waals surface area contributed by atoms with Crippen LogP contribution in [-0.2, 0) is 9.47 Å². The van der Waals surface area contributed by atoms with Crippen molar-refractivity contribution in [2.45, 2.75) is 26.1 Å². The fourth-order valence-corrected chi connectivity index (χ4v) is 6.39. The third kappa shape index (κ3) is 4.81. The lowest BCUT2D eigenvalue weighted by Gasteiger charge is -2.38. The van der Waals surface area contributed by atoms with E-state index in [1.165, 1.54) is 14.2 Å². The summed E-state index contributed by atoms with van der Waals surface area (Å²) in [6, 6.07) is 21.2. The van der Waals surface area contributed by atoms with Gasteiger partial charge in [0.25, 0.3) is 0 Å². The van der Waals surface area contributed by atoms with E-state index in [2.05, 4.69) is 0 Å². The first kappa shape index (κ1) is 29.3. The van der Waals surface area contributed by atoms with E-state index in [0.29, 0.717) is 67.9 Å². The largest absolute Gasteiger partial charge is 0.492 e. The van der Waals surface area contributed by atoms with Gasteiger partial charge in [0.2, 0.25) is 25.1 Å². The van der Waals surface area contributed by atoms with Crippen molar-refractivity contribution in [2.24, 2.45) is 11.8 Å². The van der Waals surface area contributed by atoms with E-state index >= 15 is 0 Å². The van der Waals surface area contributed by atoms with Gasteiger partial charge in [-0.25, -0.2) is 9.59 Å². The summed E-state index contributed by atoms with van der Waals surface area (Å²) in [5.41, 5.74) is 3.07. The van der Waals surface area contributed by atoms with Gasteiger partial charge in [0.1, 0.15) is 12.2 Å². The molecule has 236 valence electrons. The number of benzene rings is 4. The Balaban J connectivity index is 1.51. The number of hydrogen-bond donors (Lipinski definition) is 0. The molecular weight excluding hydrogens is 592 g/mol. The van der Waals surface area contributed by atoms with Crippen LogP contribution in [0.3, 0.4) is 0 Å². The summed E-state index contributed by atoms with van der Waals surface area (Å²) in [7, 11) is 3.05. The fraction of sp³-hybridized carbons (Fsp3) is 0.278. The van der Waals surface area contributed by atoms with Crippen molar-refractivity contribution in [1.82, 2.24) is 0 Å². The first-order valence-electron chi connectivity index (χ1n) is 14.9. The Morgan fingerprint density at radius 3 is 1.37 bits per heavy atom. The highest BCUT2D eigenvalue weighted by molar-refractivity contribution is 5.93. The molecule has 0 spiro atoms. The van der Waals surface area contributed by atoms with Crippen LogP contribution in [0.2, 0.25) is 0 Å². The molecule has 1 aliphatic carbocycles. The monoisotopic (exact) mass is 624 g/mol. The molecule has 10 nitrogen and oxygen atoms in total. The fourth-order valence-electron chi connectivity index (χ4n) is 6.39. The van der Waals surface area contributed by atoms with Gasteiger partial charge in [-0.15, -0.1) is 0 Å². The van der Waals surface area contributed by atoms with Crippen LogP contribution in [0.15, 0.2) is 72.8 Å². The molecule has 4 atom stereocenters. The molecule has 3 aliphatic rings. The van der Waals surface area contributed by atoms with Crippen molar-refractivity contribution >= 4 is 11.9 Å². The number of rotatable bonds is 6. The minimum Gasteiger partial charge on any atom is -0.492 e. The van der Waals surface area contributed by atoms with E-state index in [1.54, 1.807) is 48.5 Å². The number of fused-ring (bicyclic) bond motifs is 5. The quantitative estimate of drug-likeness (QED) is 0.210. The van der Waals surface area contributed by atoms with Crippen LogP contribution in [0.25, 0.3) is 11.1 Å². The topological polar surface area (TPSA) is 108 Å². The Kier molecular flexibility index (Phi) is 7.56. The molecule has 2 aliphatic heterocycles. The van der Waals surface area contributed by atoms with Crippen molar-refractivity contribution in [3.05, 3.63) is 95.1 Å². The molecule has 0 amide bonds. The van der Waals surface area contributed by atoms with Crippen molar-refractivity contribution in [3.63, 3.8) is 0 Å². The Morgan fingerprint density at radius 1 is 0.609 bits per heavy atom. The third-order valence-electron chi connectivity index (χ3n) is 8.84. The molecule has 4 aromatic carbocycles. The maximum Gasteiger partial charge on any atom is 0.338 e. The molecule has 0 bridgehead atoms. The van der Waals surface area contributed by atoms with Crippen LogP contribution < -0.4 is 28.4 Å². The summed E-state index contributed by atoms with van der Waals surface area (Å²) >= 11 is 0. The number of esters is 2. The summed E-state index contributed by atoms with van der Waals surface area (Å²) in [4.78, 5) is 27.3. The Labute approximate surface area is 265 Å². The van der Waals surface area contributed by atoms with E-state index in [1.807, 2.05) is 38.1 Å². The summed E-state index contributed by atoms with van der Waals surface area (Å²) < 4.78 is 48.2. The van der Waals surface area contributed by atoms with Crippen LogP contribution in [0.1, 0.15) is 57.9 Å². The Hall–Kier alpha value is -5.38. The van der Waals surface area contributed by atoms with Crippen LogP contribution in [-0.4, -0.2) is 39.7 Å². The van der Waals surface area contributed by atoms with Crippen LogP contribution in [0.4, 0.5) is 0 Å². The van der Waals surface area contributed by atoms with Gasteiger partial charge in [-0.05, 0) is 36.4 Å². The number of methoxy groups -OCH3 is 2. The molecule has 4 unspecified atom stereocenters. The van der Waals surface area contributed by atoms with Gasteiger partial charge in [0.15, 0.2) is 23.0 Å². The zero-order valence-corrected chi connectivity index (χ0v) is 25.7. The van der Waals surface area contributed by atoms with E-state index in [9.17, 15) is 9.59 Å². The van der Waals surface area contributed by atoms with Gasteiger partial charge in [0.05, 0.1) is 25.3 Å². The van der Waals surface area contributed by atoms with Crippen LogP contribution in [0.5, 0.6) is 34.5 Å². The highest BCUT2D eigenvalue weighted by Crippen LogP contribution is 2.61. The van der Waals surface area contributed by atoms with E-state index < -0.39 is 36.0 Å². The Morgan fingerprint density at radius 2 is 1.00 bits per heavy atom. The predicted molar refractivity (Wildman–Crippen MR) is 165 cm³/mol. The zero-order chi connectivity index (χ0) is 31.9. The van der Waals surface area contributed by atoms with E-state index in [-0.39, 0.29) is 13.6 Å². The van der Waals surface area contributed by atoms with Crippen molar-refractivity contribution in [3.8, 4) is 45.6 Å². The summed E-state index contributed by atoms with van der Waals surface area (Å²) in [5.74, 6) is 0.558. The molecule has 46 heavy (non-hydrogen) atoms. The van der Waals surface area contributed by atoms with E-state index in [0.717, 1.165) is 0 Å². The molecular formula is C36H32O10. The summed E-state index contributed by atoms with van der Waals surface area (Å²) in [6.07, 6.45) is -1.69. The smallest absolute Gasteiger partial charge is 0.338 e. The van der Waals surface area contributed by atoms with Gasteiger partial charge in [0, 0.05) is 34.1 Å². The van der Waals surface area contributed by atoms with Gasteiger partial charge in [-0.2, -0.15) is 0 Å². The highest BCUT2D eigenvalue weighted by Gasteiger charge is 2.45. The van der Waals surface area contributed by atoms with Gasteiger partial charge in [-0.1, -0.05) is 50.2 Å². The molecule has 2 heterocycles. The second kappa shape index (κ2) is 11.8. The molecule has 0 saturated carbocycles. The lowest BCUT2D eigenvalue weighted by molar-refractivity contribution is -0.0271. The molecule has 0 saturated heterocycles. The lowest BCUT2D eigenvalue weighted by atomic mass is 9.74. The maximum absolute atomic E-state index is 13.7. The minimum atomic E-state index is -0.845. The Bertz CT molecular complexity index is 1670. The highest BCUT2D eigenvalue weighted by atomic mass is 16.7. The SMILES string of the molecule is COc1c2c(cc3c1-c1c(cc4c(c1OC)OCO4)C(OC(=O)c1ccccc1)C(C)C(C)C3OC(=O)c1ccccc1)OCO2. The zero-order valence-electron chi connectivity index (χ0n) is 25.7. The van der Waals surface area contributed by atoms with E-state index in [4.69, 9.17) is 37.9 Å². The van der Waals surface area contributed by atoms with Gasteiger partial charge in [-0.3, -0.25) is 0 Å². The molecule has 0 N–H and O–H groups in total. The van der Waals surface area contributed by atoms with Crippen molar-refractivity contribution < 1.29 is 47.5 Å². The standard InChI is InChI=1S/C36H32O10/c1-19-20(2)30(46-36(38)22-13-9-6-10-14-22)24-16-26-32(44-18-42-26)34(40-4)28(24)27-23(15-25-31(33(27)39-3)43-17-41-25)29(19)45-35(37)21-11-7-5-8-12-21/h5-16,19-20,29-30H,17-18H2,1-4H3. The van der Waals surface area contributed by atoms with Crippen LogP contribution in [0, 0.1) is 11.8 Å². The molecule has 4 aromatic rings. The second-order valence-electron chi connectivity index (χ2n) is 11.3. The summed E-state index contributed by atoms with van der Waals surface area (Å²) in [5, 5.41) is 0.